The third kappa shape index (κ3) is 4.14. The zero-order valence-corrected chi connectivity index (χ0v) is 20.4. The summed E-state index contributed by atoms with van der Waals surface area (Å²) in [6.45, 7) is 3.42. The van der Waals surface area contributed by atoms with Gasteiger partial charge in [-0.25, -0.2) is 9.78 Å². The molecule has 3 aliphatic heterocycles. The van der Waals surface area contributed by atoms with E-state index in [0.717, 1.165) is 33.3 Å². The number of rotatable bonds is 5. The van der Waals surface area contributed by atoms with Crippen LogP contribution in [0.2, 0.25) is 0 Å². The van der Waals surface area contributed by atoms with Gasteiger partial charge < -0.3 is 36.3 Å². The van der Waals surface area contributed by atoms with Crippen molar-refractivity contribution in [3.63, 3.8) is 0 Å². The van der Waals surface area contributed by atoms with Crippen LogP contribution in [0.1, 0.15) is 16.8 Å². The fourth-order valence-electron chi connectivity index (χ4n) is 5.14. The van der Waals surface area contributed by atoms with Crippen LogP contribution in [0.5, 0.6) is 5.75 Å². The Kier molecular flexibility index (Phi) is 5.97. The highest BCUT2D eigenvalue weighted by molar-refractivity contribution is 8.22. The van der Waals surface area contributed by atoms with Crippen LogP contribution in [-0.4, -0.2) is 66.3 Å². The van der Waals surface area contributed by atoms with Crippen LogP contribution in [0.15, 0.2) is 40.3 Å². The number of carbonyl (C=O) groups excluding carboxylic acids is 1. The van der Waals surface area contributed by atoms with E-state index in [9.17, 15) is 9.59 Å². The molecule has 1 saturated heterocycles. The topological polar surface area (TPSA) is 153 Å². The lowest BCUT2D eigenvalue weighted by molar-refractivity contribution is -0.113. The van der Waals surface area contributed by atoms with E-state index in [2.05, 4.69) is 10.2 Å². The standard InChI is InChI=1S/C24H29N5O5S/c1-12-3-6-16-20(25)21(22(26)30)35(23(16)27-12)15-7-13-4-5-14(8-18(13)34-11-15)29-9-17(28-24(31)32)19(10-29)33-2/h3-6,8,15,17,19,28,35H,7,9-11,25H2,1-2H3,(H2,26,30)(H,31,32)/t15-,17?,19?/m1/s1. The molecular weight excluding hydrogens is 470 g/mol. The average molecular weight is 500 g/mol. The first-order valence-electron chi connectivity index (χ1n) is 11.4. The summed E-state index contributed by atoms with van der Waals surface area (Å²) in [4.78, 5) is 30.8. The molecule has 1 aromatic heterocycles. The van der Waals surface area contributed by atoms with Crippen molar-refractivity contribution in [1.82, 2.24) is 10.3 Å². The number of carbonyl (C=O) groups is 2. The number of benzene rings is 1. The Hall–Kier alpha value is -3.44. The highest BCUT2D eigenvalue weighted by Gasteiger charge is 2.39. The van der Waals surface area contributed by atoms with Crippen LogP contribution in [0, 0.1) is 6.92 Å². The lowest BCUT2D eigenvalue weighted by Crippen LogP contribution is -2.42. The Morgan fingerprint density at radius 2 is 2.09 bits per heavy atom. The predicted molar refractivity (Wildman–Crippen MR) is 134 cm³/mol. The number of nitrogens with one attached hydrogen (secondary N) is 1. The molecule has 2 amide bonds. The molecule has 0 saturated carbocycles. The average Bonchev–Trinajstić information content (AvgIpc) is 3.36. The number of anilines is 1. The highest BCUT2D eigenvalue weighted by atomic mass is 32.2. The summed E-state index contributed by atoms with van der Waals surface area (Å²) < 4.78 is 11.7. The second kappa shape index (κ2) is 8.97. The number of amides is 2. The molecular formula is C24H29N5O5S. The van der Waals surface area contributed by atoms with Gasteiger partial charge in [-0.05, 0) is 37.1 Å². The van der Waals surface area contributed by atoms with E-state index in [1.165, 1.54) is 0 Å². The summed E-state index contributed by atoms with van der Waals surface area (Å²) in [5, 5.41) is 12.5. The van der Waals surface area contributed by atoms with Crippen molar-refractivity contribution >= 4 is 34.3 Å². The maximum Gasteiger partial charge on any atom is 0.405 e. The van der Waals surface area contributed by atoms with E-state index in [0.29, 0.717) is 36.7 Å². The van der Waals surface area contributed by atoms with Crippen LogP contribution < -0.4 is 26.4 Å². The molecule has 0 aliphatic carbocycles. The van der Waals surface area contributed by atoms with E-state index in [-0.39, 0.29) is 17.4 Å². The van der Waals surface area contributed by atoms with E-state index in [1.54, 1.807) is 7.11 Å². The summed E-state index contributed by atoms with van der Waals surface area (Å²) in [5.74, 6) is 0.281. The molecule has 0 spiro atoms. The van der Waals surface area contributed by atoms with Gasteiger partial charge in [0.15, 0.2) is 0 Å². The van der Waals surface area contributed by atoms with Gasteiger partial charge in [0.2, 0.25) is 0 Å². The summed E-state index contributed by atoms with van der Waals surface area (Å²) >= 11 is 0. The van der Waals surface area contributed by atoms with E-state index in [1.807, 2.05) is 37.3 Å². The van der Waals surface area contributed by atoms with Gasteiger partial charge in [0.1, 0.15) is 5.75 Å². The van der Waals surface area contributed by atoms with Crippen LogP contribution in [0.25, 0.3) is 5.70 Å². The van der Waals surface area contributed by atoms with Gasteiger partial charge in [0.05, 0.1) is 34.4 Å². The first-order valence-corrected chi connectivity index (χ1v) is 12.8. The van der Waals surface area contributed by atoms with Crippen molar-refractivity contribution in [2.45, 2.75) is 35.8 Å². The van der Waals surface area contributed by atoms with E-state index >= 15 is 0 Å². The number of aromatic nitrogens is 1. The SMILES string of the molecule is COC1CN(c2ccc3c(c2)OC[C@H]([SH]2C(C(N)=O)=C(N)c4ccc(C)nc42)C3)CC1NC(=O)O. The minimum Gasteiger partial charge on any atom is -0.492 e. The number of nitrogens with two attached hydrogens (primary N) is 2. The number of hydrogen-bond acceptors (Lipinski definition) is 7. The van der Waals surface area contributed by atoms with Crippen LogP contribution in [-0.2, 0) is 16.0 Å². The van der Waals surface area contributed by atoms with Crippen molar-refractivity contribution in [2.24, 2.45) is 11.5 Å². The number of methoxy groups -OCH3 is 1. The number of thiol groups is 1. The number of ether oxygens (including phenoxy) is 2. The molecule has 4 heterocycles. The third-order valence-electron chi connectivity index (χ3n) is 6.81. The molecule has 1 fully saturated rings. The molecule has 3 aliphatic rings. The summed E-state index contributed by atoms with van der Waals surface area (Å²) in [5.41, 5.74) is 16.2. The van der Waals surface area contributed by atoms with Crippen molar-refractivity contribution in [2.75, 3.05) is 31.7 Å². The van der Waals surface area contributed by atoms with Gasteiger partial charge >= 0.3 is 6.09 Å². The molecule has 0 bridgehead atoms. The third-order valence-corrected chi connectivity index (χ3v) is 9.61. The Balaban J connectivity index is 1.39. The van der Waals surface area contributed by atoms with Gasteiger partial charge in [-0.2, -0.15) is 10.9 Å². The largest absolute Gasteiger partial charge is 0.492 e. The number of pyridine rings is 1. The molecule has 5 rings (SSSR count). The number of fused-ring (bicyclic) bond motifs is 2. The number of hydrogen-bond donors (Lipinski definition) is 5. The second-order valence-corrected chi connectivity index (χ2v) is 11.4. The van der Waals surface area contributed by atoms with Crippen molar-refractivity contribution < 1.29 is 24.2 Å². The smallest absolute Gasteiger partial charge is 0.405 e. The zero-order chi connectivity index (χ0) is 24.9. The van der Waals surface area contributed by atoms with Crippen LogP contribution >= 0.6 is 10.9 Å². The fourth-order valence-corrected chi connectivity index (χ4v) is 8.00. The Morgan fingerprint density at radius 1 is 1.29 bits per heavy atom. The fraction of sp³-hybridized carbons (Fsp3) is 0.375. The quantitative estimate of drug-likeness (QED) is 0.387. The molecule has 10 nitrogen and oxygen atoms in total. The van der Waals surface area contributed by atoms with E-state index in [4.69, 9.17) is 31.0 Å². The van der Waals surface area contributed by atoms with Crippen molar-refractivity contribution in [3.05, 3.63) is 52.1 Å². The number of primary amides is 1. The summed E-state index contributed by atoms with van der Waals surface area (Å²) in [7, 11) is 0.437. The van der Waals surface area contributed by atoms with Gasteiger partial charge in [-0.1, -0.05) is 6.07 Å². The number of nitrogens with zero attached hydrogens (tertiary/aromatic N) is 2. The molecule has 11 heteroatoms. The molecule has 1 aromatic carbocycles. The summed E-state index contributed by atoms with van der Waals surface area (Å²) in [6.07, 6.45) is -0.591. The minimum atomic E-state index is -1.15. The number of aryl methyl sites for hydroxylation is 1. The first kappa shape index (κ1) is 23.3. The molecule has 186 valence electrons. The molecule has 0 radical (unpaired) electrons. The second-order valence-electron chi connectivity index (χ2n) is 9.02. The van der Waals surface area contributed by atoms with Crippen LogP contribution in [0.3, 0.4) is 0 Å². The lowest BCUT2D eigenvalue weighted by Gasteiger charge is -2.33. The van der Waals surface area contributed by atoms with Gasteiger partial charge in [0, 0.05) is 48.5 Å². The van der Waals surface area contributed by atoms with Crippen molar-refractivity contribution in [1.29, 1.82) is 0 Å². The van der Waals surface area contributed by atoms with Gasteiger partial charge in [-0.15, -0.1) is 0 Å². The molecule has 2 aromatic rings. The molecule has 35 heavy (non-hydrogen) atoms. The Morgan fingerprint density at radius 3 is 2.80 bits per heavy atom. The maximum absolute atomic E-state index is 12.4. The Bertz CT molecular complexity index is 1230. The van der Waals surface area contributed by atoms with Crippen molar-refractivity contribution in [3.8, 4) is 5.75 Å². The number of carboxylic acid groups (broad SMARTS) is 1. The van der Waals surface area contributed by atoms with Gasteiger partial charge in [-0.3, -0.25) is 4.79 Å². The van der Waals surface area contributed by atoms with Crippen LogP contribution in [0.4, 0.5) is 10.5 Å². The Labute approximate surface area is 205 Å². The lowest BCUT2D eigenvalue weighted by atomic mass is 10.1. The molecule has 6 N–H and O–H groups in total. The predicted octanol–water partition coefficient (Wildman–Crippen LogP) is 1.35. The first-order chi connectivity index (χ1) is 16.8. The monoisotopic (exact) mass is 499 g/mol. The molecule has 3 unspecified atom stereocenters. The normalized spacial score (nSPS) is 26.2. The summed E-state index contributed by atoms with van der Waals surface area (Å²) in [6, 6.07) is 9.52. The minimum absolute atomic E-state index is 0.0220. The zero-order valence-electron chi connectivity index (χ0n) is 19.5. The molecule has 4 atom stereocenters. The van der Waals surface area contributed by atoms with E-state index < -0.39 is 22.9 Å². The maximum atomic E-state index is 12.4. The van der Waals surface area contributed by atoms with Gasteiger partial charge in [0.25, 0.3) is 5.91 Å². The highest BCUT2D eigenvalue weighted by Crippen LogP contribution is 2.57.